The van der Waals surface area contributed by atoms with Crippen LogP contribution in [0.25, 0.3) is 0 Å². The topological polar surface area (TPSA) is 0 Å². The Morgan fingerprint density at radius 1 is 0.632 bits per heavy atom. The summed E-state index contributed by atoms with van der Waals surface area (Å²) in [5.74, 6) is 0. The van der Waals surface area contributed by atoms with E-state index in [1.165, 1.54) is 70.4 Å². The van der Waals surface area contributed by atoms with Crippen LogP contribution in [0, 0.1) is 0 Å². The van der Waals surface area contributed by atoms with E-state index in [2.05, 4.69) is 34.6 Å². The quantitative estimate of drug-likeness (QED) is 0.248. The van der Waals surface area contributed by atoms with Crippen LogP contribution in [-0.2, 0) is 0 Å². The van der Waals surface area contributed by atoms with Crippen LogP contribution in [0.2, 0.25) is 0 Å². The first-order valence-electron chi connectivity index (χ1n) is 8.93. The van der Waals surface area contributed by atoms with Crippen LogP contribution in [0.15, 0.2) is 0 Å². The standard InChI is InChI=1S/C18H39P/c1-6-9-12-14-17(4)19(16-11-8-3)18(5)15-13-10-7-2/h17-18H,6-16H2,1-5H3. The lowest BCUT2D eigenvalue weighted by molar-refractivity contribution is 0.637. The molecule has 0 nitrogen and oxygen atoms in total. The molecule has 0 bridgehead atoms. The molecule has 0 amide bonds. The van der Waals surface area contributed by atoms with Crippen molar-refractivity contribution >= 4 is 7.92 Å². The van der Waals surface area contributed by atoms with E-state index in [9.17, 15) is 0 Å². The second kappa shape index (κ2) is 13.4. The van der Waals surface area contributed by atoms with Gasteiger partial charge in [-0.2, -0.15) is 0 Å². The summed E-state index contributed by atoms with van der Waals surface area (Å²) in [6.45, 7) is 12.1. The molecule has 116 valence electrons. The highest BCUT2D eigenvalue weighted by atomic mass is 31.1. The van der Waals surface area contributed by atoms with Gasteiger partial charge in [0.15, 0.2) is 0 Å². The van der Waals surface area contributed by atoms with E-state index in [1.54, 1.807) is 0 Å². The molecule has 0 saturated carbocycles. The number of rotatable bonds is 13. The van der Waals surface area contributed by atoms with E-state index < -0.39 is 0 Å². The maximum Gasteiger partial charge on any atom is -0.0235 e. The largest absolute Gasteiger partial charge is 0.101 e. The predicted octanol–water partition coefficient (Wildman–Crippen LogP) is 7.21. The van der Waals surface area contributed by atoms with Crippen LogP contribution >= 0.6 is 7.92 Å². The zero-order valence-corrected chi connectivity index (χ0v) is 15.3. The molecule has 0 radical (unpaired) electrons. The van der Waals surface area contributed by atoms with Crippen LogP contribution in [0.4, 0.5) is 0 Å². The van der Waals surface area contributed by atoms with E-state index in [4.69, 9.17) is 0 Å². The summed E-state index contributed by atoms with van der Waals surface area (Å²) in [7, 11) is 0.278. The van der Waals surface area contributed by atoms with Crippen molar-refractivity contribution in [2.24, 2.45) is 0 Å². The molecule has 0 aliphatic carbocycles. The van der Waals surface area contributed by atoms with E-state index >= 15 is 0 Å². The zero-order valence-electron chi connectivity index (χ0n) is 14.4. The van der Waals surface area contributed by atoms with Crippen LogP contribution in [0.1, 0.15) is 98.8 Å². The SMILES string of the molecule is CCCCCC(C)P(CCCC)C(C)CCCCC. The highest BCUT2D eigenvalue weighted by Crippen LogP contribution is 2.50. The third-order valence-corrected chi connectivity index (χ3v) is 7.97. The number of hydrogen-bond acceptors (Lipinski definition) is 0. The summed E-state index contributed by atoms with van der Waals surface area (Å²) in [5, 5.41) is 0. The van der Waals surface area contributed by atoms with E-state index in [1.807, 2.05) is 0 Å². The summed E-state index contributed by atoms with van der Waals surface area (Å²) < 4.78 is 0. The van der Waals surface area contributed by atoms with Crippen molar-refractivity contribution in [1.29, 1.82) is 0 Å². The lowest BCUT2D eigenvalue weighted by Gasteiger charge is -2.31. The Hall–Kier alpha value is 0.430. The van der Waals surface area contributed by atoms with Gasteiger partial charge in [-0.3, -0.25) is 0 Å². The van der Waals surface area contributed by atoms with Gasteiger partial charge in [-0.1, -0.05) is 79.6 Å². The number of unbranched alkanes of at least 4 members (excludes halogenated alkanes) is 5. The van der Waals surface area contributed by atoms with Gasteiger partial charge in [-0.25, -0.2) is 0 Å². The molecule has 2 atom stereocenters. The highest BCUT2D eigenvalue weighted by Gasteiger charge is 2.21. The Kier molecular flexibility index (Phi) is 13.7. The van der Waals surface area contributed by atoms with Crippen LogP contribution in [0.3, 0.4) is 0 Å². The first kappa shape index (κ1) is 19.4. The normalized spacial score (nSPS) is 16.3. The fraction of sp³-hybridized carbons (Fsp3) is 1.00. The monoisotopic (exact) mass is 286 g/mol. The predicted molar refractivity (Wildman–Crippen MR) is 93.9 cm³/mol. The molecule has 0 saturated heterocycles. The lowest BCUT2D eigenvalue weighted by atomic mass is 10.2. The van der Waals surface area contributed by atoms with Crippen LogP contribution in [-0.4, -0.2) is 17.5 Å². The molecule has 19 heavy (non-hydrogen) atoms. The van der Waals surface area contributed by atoms with Crippen molar-refractivity contribution in [3.63, 3.8) is 0 Å². The number of hydrogen-bond donors (Lipinski definition) is 0. The molecule has 0 rings (SSSR count). The van der Waals surface area contributed by atoms with Gasteiger partial charge in [0.05, 0.1) is 0 Å². The molecule has 1 heteroatoms. The molecule has 0 fully saturated rings. The third-order valence-electron chi connectivity index (χ3n) is 4.35. The van der Waals surface area contributed by atoms with Crippen LogP contribution < -0.4 is 0 Å². The average Bonchev–Trinajstić information content (AvgIpc) is 2.40. The molecule has 0 aromatic rings. The van der Waals surface area contributed by atoms with Gasteiger partial charge in [0.1, 0.15) is 0 Å². The molecule has 0 aromatic carbocycles. The Labute approximate surface area is 124 Å². The fourth-order valence-corrected chi connectivity index (χ4v) is 6.39. The van der Waals surface area contributed by atoms with E-state index in [0.717, 1.165) is 11.3 Å². The van der Waals surface area contributed by atoms with Crippen molar-refractivity contribution in [3.8, 4) is 0 Å². The summed E-state index contributed by atoms with van der Waals surface area (Å²) in [6.07, 6.45) is 15.9. The average molecular weight is 286 g/mol. The van der Waals surface area contributed by atoms with Gasteiger partial charge in [0.25, 0.3) is 0 Å². The minimum atomic E-state index is 0.278. The van der Waals surface area contributed by atoms with Gasteiger partial charge in [-0.05, 0) is 36.7 Å². The molecule has 2 unspecified atom stereocenters. The minimum Gasteiger partial charge on any atom is -0.101 e. The smallest absolute Gasteiger partial charge is 0.0235 e. The van der Waals surface area contributed by atoms with Gasteiger partial charge >= 0.3 is 0 Å². The van der Waals surface area contributed by atoms with Crippen LogP contribution in [0.5, 0.6) is 0 Å². The maximum absolute atomic E-state index is 2.55. The lowest BCUT2D eigenvalue weighted by Crippen LogP contribution is -2.13. The van der Waals surface area contributed by atoms with E-state index in [0.29, 0.717) is 0 Å². The summed E-state index contributed by atoms with van der Waals surface area (Å²) >= 11 is 0. The summed E-state index contributed by atoms with van der Waals surface area (Å²) in [4.78, 5) is 0. The van der Waals surface area contributed by atoms with E-state index in [-0.39, 0.29) is 7.92 Å². The summed E-state index contributed by atoms with van der Waals surface area (Å²) in [6, 6.07) is 0. The highest BCUT2D eigenvalue weighted by molar-refractivity contribution is 7.59. The zero-order chi connectivity index (χ0) is 14.5. The van der Waals surface area contributed by atoms with Crippen molar-refractivity contribution < 1.29 is 0 Å². The molecular formula is C18H39P. The second-order valence-corrected chi connectivity index (χ2v) is 9.52. The second-order valence-electron chi connectivity index (χ2n) is 6.28. The Morgan fingerprint density at radius 3 is 1.42 bits per heavy atom. The van der Waals surface area contributed by atoms with Crippen molar-refractivity contribution in [1.82, 2.24) is 0 Å². The third kappa shape index (κ3) is 9.89. The first-order chi connectivity index (χ1) is 9.17. The molecule has 0 heterocycles. The molecule has 0 N–H and O–H groups in total. The van der Waals surface area contributed by atoms with Gasteiger partial charge < -0.3 is 0 Å². The minimum absolute atomic E-state index is 0.278. The fourth-order valence-electron chi connectivity index (χ4n) is 2.93. The Morgan fingerprint density at radius 2 is 1.05 bits per heavy atom. The Balaban J connectivity index is 4.16. The van der Waals surface area contributed by atoms with Gasteiger partial charge in [0.2, 0.25) is 0 Å². The van der Waals surface area contributed by atoms with Gasteiger partial charge in [0, 0.05) is 0 Å². The first-order valence-corrected chi connectivity index (χ1v) is 10.6. The van der Waals surface area contributed by atoms with Crippen molar-refractivity contribution in [2.75, 3.05) is 6.16 Å². The summed E-state index contributed by atoms with van der Waals surface area (Å²) in [5.41, 5.74) is 2.01. The molecule has 0 aliphatic heterocycles. The molecule has 0 spiro atoms. The molecule has 0 aromatic heterocycles. The Bertz CT molecular complexity index is 163. The van der Waals surface area contributed by atoms with Crippen molar-refractivity contribution in [3.05, 3.63) is 0 Å². The molecule has 0 aliphatic rings. The molecular weight excluding hydrogens is 247 g/mol. The maximum atomic E-state index is 2.55. The van der Waals surface area contributed by atoms with Crippen molar-refractivity contribution in [2.45, 2.75) is 110 Å². The van der Waals surface area contributed by atoms with Gasteiger partial charge in [-0.15, -0.1) is 7.92 Å².